The first-order valence-corrected chi connectivity index (χ1v) is 16.7. The second-order valence-electron chi connectivity index (χ2n) is 10.6. The van der Waals surface area contributed by atoms with Crippen LogP contribution in [0.4, 0.5) is 0 Å². The van der Waals surface area contributed by atoms with Crippen LogP contribution in [0, 0.1) is 17.8 Å². The van der Waals surface area contributed by atoms with E-state index in [9.17, 15) is 0 Å². The van der Waals surface area contributed by atoms with Gasteiger partial charge in [0, 0.05) is 17.8 Å². The lowest BCUT2D eigenvalue weighted by Gasteiger charge is -2.60. The molecule has 39 heavy (non-hydrogen) atoms. The molecule has 0 radical (unpaired) electrons. The summed E-state index contributed by atoms with van der Waals surface area (Å²) in [6, 6.07) is 3.35. The molecule has 6 rings (SSSR count). The summed E-state index contributed by atoms with van der Waals surface area (Å²) in [6.45, 7) is 0. The van der Waals surface area contributed by atoms with E-state index < -0.39 is 70.2 Å². The highest BCUT2D eigenvalue weighted by atomic mass is 35.6. The van der Waals surface area contributed by atoms with Gasteiger partial charge in [0.15, 0.2) is 33.2 Å². The molecule has 5 aliphatic carbocycles. The monoisotopic (exact) mass is 834 g/mol. The summed E-state index contributed by atoms with van der Waals surface area (Å²) in [6.07, 6.45) is 0. The van der Waals surface area contributed by atoms with Crippen LogP contribution in [0.15, 0.2) is 12.1 Å². The molecule has 4 bridgehead atoms. The van der Waals surface area contributed by atoms with Crippen LogP contribution < -0.4 is 9.47 Å². The third-order valence-electron chi connectivity index (χ3n) is 9.48. The number of hydrogen-bond acceptors (Lipinski definition) is 2. The molecule has 0 N–H and O–H groups in total. The largest absolute Gasteiger partial charge is 0.493 e. The van der Waals surface area contributed by atoms with Crippen LogP contribution in [0.5, 0.6) is 11.5 Å². The molecule has 0 aromatic heterocycles. The summed E-state index contributed by atoms with van der Waals surface area (Å²) in [5.74, 6) is -4.15. The van der Waals surface area contributed by atoms with Crippen LogP contribution in [0.2, 0.25) is 0 Å². The van der Waals surface area contributed by atoms with Crippen molar-refractivity contribution < 1.29 is 9.47 Å². The van der Waals surface area contributed by atoms with E-state index in [1.54, 1.807) is 12.1 Å². The van der Waals surface area contributed by atoms with E-state index in [2.05, 4.69) is 0 Å². The zero-order chi connectivity index (χ0) is 29.5. The third kappa shape index (κ3) is 2.84. The first-order chi connectivity index (χ1) is 17.5. The minimum Gasteiger partial charge on any atom is -0.493 e. The number of halogens is 15. The van der Waals surface area contributed by atoms with Crippen LogP contribution in [-0.4, -0.2) is 54.8 Å². The highest BCUT2D eigenvalue weighted by Crippen LogP contribution is 2.93. The van der Waals surface area contributed by atoms with E-state index in [1.165, 1.54) is 14.2 Å². The molecule has 17 heteroatoms. The Kier molecular flexibility index (Phi) is 7.04. The molecule has 0 unspecified atom stereocenters. The van der Waals surface area contributed by atoms with E-state index in [4.69, 9.17) is 183 Å². The molecule has 0 spiro atoms. The SMILES string of the molecule is COc1cc2c(cc1OC)[C@@H]1[C@@H]([C@H]3[C@@H]2[C@@]2(Cl)C(Cl)(Cl)C(Cl)(Cl)[C@@]3(Cl)C2(Cl)Cl)[C@H]2C(Cl)(Cl)C(Cl)(Cl)[C@@]1(Cl)C2(Cl)Cl. The van der Waals surface area contributed by atoms with Gasteiger partial charge in [0.1, 0.15) is 19.0 Å². The maximum Gasteiger partial charge on any atom is 0.175 e. The normalized spacial score (nSPS) is 47.4. The first kappa shape index (κ1) is 32.1. The fourth-order valence-corrected chi connectivity index (χ4v) is 16.3. The van der Waals surface area contributed by atoms with E-state index in [1.807, 2.05) is 0 Å². The van der Waals surface area contributed by atoms with Crippen molar-refractivity contribution in [1.82, 2.24) is 0 Å². The number of methoxy groups -OCH3 is 2. The van der Waals surface area contributed by atoms with Gasteiger partial charge in [-0.25, -0.2) is 0 Å². The van der Waals surface area contributed by atoms with Gasteiger partial charge in [-0.2, -0.15) is 0 Å². The molecule has 0 aliphatic heterocycles. The minimum atomic E-state index is -2.24. The van der Waals surface area contributed by atoms with Crippen molar-refractivity contribution in [1.29, 1.82) is 0 Å². The maximum absolute atomic E-state index is 7.41. The van der Waals surface area contributed by atoms with Gasteiger partial charge in [-0.05, 0) is 35.1 Å². The summed E-state index contributed by atoms with van der Waals surface area (Å²) in [5, 5.41) is 0. The highest BCUT2D eigenvalue weighted by molar-refractivity contribution is 6.75. The molecule has 0 amide bonds. The molecule has 1 aromatic carbocycles. The van der Waals surface area contributed by atoms with Crippen molar-refractivity contribution >= 4 is 174 Å². The molecule has 4 saturated carbocycles. The number of ether oxygens (including phenoxy) is 2. The summed E-state index contributed by atoms with van der Waals surface area (Å²) >= 11 is 106. The minimum absolute atomic E-state index is 0.328. The molecule has 4 fully saturated rings. The van der Waals surface area contributed by atoms with Gasteiger partial charge in [-0.1, -0.05) is 139 Å². The fourth-order valence-electron chi connectivity index (χ4n) is 8.03. The fraction of sp³-hybridized carbons (Fsp3) is 0.727. The van der Waals surface area contributed by atoms with Crippen LogP contribution in [-0.2, 0) is 0 Å². The smallest absolute Gasteiger partial charge is 0.175 e. The Hall–Kier alpha value is 3.17. The molecule has 0 saturated heterocycles. The Morgan fingerprint density at radius 3 is 1.41 bits per heavy atom. The predicted octanol–water partition coefficient (Wildman–Crippen LogP) is 10.8. The van der Waals surface area contributed by atoms with Gasteiger partial charge >= 0.3 is 0 Å². The Balaban J connectivity index is 1.79. The predicted molar refractivity (Wildman–Crippen MR) is 168 cm³/mol. The van der Waals surface area contributed by atoms with Gasteiger partial charge in [0.25, 0.3) is 0 Å². The van der Waals surface area contributed by atoms with E-state index in [-0.39, 0.29) is 0 Å². The number of hydrogen-bond donors (Lipinski definition) is 0. The van der Waals surface area contributed by atoms with Crippen molar-refractivity contribution in [3.05, 3.63) is 23.3 Å². The molecule has 2 nitrogen and oxygen atoms in total. The van der Waals surface area contributed by atoms with Gasteiger partial charge in [0.05, 0.1) is 14.2 Å². The quantitative estimate of drug-likeness (QED) is 0.276. The summed E-state index contributed by atoms with van der Waals surface area (Å²) in [7, 11) is 2.92. The molecular formula is C22H13Cl15O2. The van der Waals surface area contributed by atoms with E-state index >= 15 is 0 Å². The summed E-state index contributed by atoms with van der Waals surface area (Å²) in [5.41, 5.74) is 1.01. The molecule has 218 valence electrons. The Morgan fingerprint density at radius 1 is 0.513 bits per heavy atom. The van der Waals surface area contributed by atoms with Crippen molar-refractivity contribution in [2.24, 2.45) is 17.8 Å². The molecule has 1 aromatic rings. The van der Waals surface area contributed by atoms with E-state index in [0.29, 0.717) is 22.6 Å². The standard InChI is InChI=1S/C22H13Cl15O2/c1-38-7-3-5-6(4-8(7)39-2)11-12(16(25)19(30,31)15(11,24)21(34,35)22(16,36)37)9-10(5)14(23)17(26,27)13(9)18(28,29)20(14,32)33/h3-4,9-13H,1-2H3/t9-,10+,11+,12-,13+,14-,15-,16-/m0/s1. The molecule has 5 aliphatic rings. The maximum atomic E-state index is 7.41. The van der Waals surface area contributed by atoms with Gasteiger partial charge in [-0.15, -0.1) is 34.8 Å². The van der Waals surface area contributed by atoms with E-state index in [0.717, 1.165) is 0 Å². The zero-order valence-electron chi connectivity index (χ0n) is 19.0. The topological polar surface area (TPSA) is 18.5 Å². The number of benzene rings is 1. The van der Waals surface area contributed by atoms with Crippen LogP contribution in [0.1, 0.15) is 23.0 Å². The molecular weight excluding hydrogens is 828 g/mol. The van der Waals surface area contributed by atoms with Gasteiger partial charge in [-0.3, -0.25) is 0 Å². The lowest BCUT2D eigenvalue weighted by molar-refractivity contribution is 0.108. The number of fused-ring (bicyclic) bond motifs is 14. The average molecular weight is 841 g/mol. The number of alkyl halides is 15. The number of rotatable bonds is 2. The van der Waals surface area contributed by atoms with Crippen molar-refractivity contribution in [2.75, 3.05) is 14.2 Å². The average Bonchev–Trinajstić information content (AvgIpc) is 3.17. The van der Waals surface area contributed by atoms with Gasteiger partial charge < -0.3 is 9.47 Å². The first-order valence-electron chi connectivity index (χ1n) is 11.1. The second kappa shape index (κ2) is 8.55. The zero-order valence-corrected chi connectivity index (χ0v) is 30.4. The third-order valence-corrected chi connectivity index (χ3v) is 20.7. The highest BCUT2D eigenvalue weighted by Gasteiger charge is 3.00. The second-order valence-corrected chi connectivity index (χ2v) is 20.4. The Morgan fingerprint density at radius 2 is 0.949 bits per heavy atom. The summed E-state index contributed by atoms with van der Waals surface area (Å²) in [4.78, 5) is -5.98. The Bertz CT molecular complexity index is 1310. The summed E-state index contributed by atoms with van der Waals surface area (Å²) < 4.78 is -1.48. The van der Waals surface area contributed by atoms with Crippen molar-refractivity contribution in [3.63, 3.8) is 0 Å². The molecule has 8 atom stereocenters. The lowest BCUT2D eigenvalue weighted by atomic mass is 9.54. The van der Waals surface area contributed by atoms with Crippen molar-refractivity contribution in [3.8, 4) is 11.5 Å². The van der Waals surface area contributed by atoms with Crippen LogP contribution >= 0.6 is 174 Å². The van der Waals surface area contributed by atoms with Crippen LogP contribution in [0.3, 0.4) is 0 Å². The van der Waals surface area contributed by atoms with Crippen molar-refractivity contribution in [2.45, 2.75) is 52.5 Å². The van der Waals surface area contributed by atoms with Crippen LogP contribution in [0.25, 0.3) is 0 Å². The molecule has 0 heterocycles. The lowest BCUT2D eigenvalue weighted by Crippen LogP contribution is -2.67. The van der Waals surface area contributed by atoms with Gasteiger partial charge in [0.2, 0.25) is 0 Å². The Labute approximate surface area is 299 Å².